The first-order chi connectivity index (χ1) is 4.09. The van der Waals surface area contributed by atoms with Crippen LogP contribution in [-0.4, -0.2) is 11.1 Å². The first-order valence-corrected chi connectivity index (χ1v) is 2.68. The van der Waals surface area contributed by atoms with Crippen molar-refractivity contribution < 1.29 is 14.3 Å². The number of rotatable bonds is 2. The highest BCUT2D eigenvalue weighted by Crippen LogP contribution is 2.08. The van der Waals surface area contributed by atoms with E-state index in [4.69, 9.17) is 5.11 Å². The smallest absolute Gasteiger partial charge is 0.364 e. The van der Waals surface area contributed by atoms with Crippen molar-refractivity contribution >= 4 is 5.97 Å². The van der Waals surface area contributed by atoms with Crippen LogP contribution >= 0.6 is 0 Å². The van der Waals surface area contributed by atoms with Gasteiger partial charge in [0.05, 0.1) is 0 Å². The van der Waals surface area contributed by atoms with E-state index < -0.39 is 11.8 Å². The van der Waals surface area contributed by atoms with E-state index in [1.165, 1.54) is 6.92 Å². The Kier molecular flexibility index (Phi) is 2.91. The third-order valence-electron chi connectivity index (χ3n) is 1.09. The highest BCUT2D eigenvalue weighted by molar-refractivity contribution is 5.84. The average molecular weight is 132 g/mol. The van der Waals surface area contributed by atoms with Gasteiger partial charge in [-0.25, -0.2) is 4.79 Å². The number of carbonyl (C=O) groups is 1. The van der Waals surface area contributed by atoms with Crippen LogP contribution in [0, 0.1) is 0 Å². The molecule has 0 unspecified atom stereocenters. The van der Waals surface area contributed by atoms with Gasteiger partial charge in [-0.3, -0.25) is 0 Å². The van der Waals surface area contributed by atoms with Crippen molar-refractivity contribution in [3.63, 3.8) is 0 Å². The molecule has 0 saturated carbocycles. The van der Waals surface area contributed by atoms with Crippen molar-refractivity contribution in [3.8, 4) is 0 Å². The van der Waals surface area contributed by atoms with E-state index >= 15 is 0 Å². The van der Waals surface area contributed by atoms with E-state index in [2.05, 4.69) is 0 Å². The second kappa shape index (κ2) is 3.22. The minimum atomic E-state index is -1.48. The SMILES string of the molecule is CC/C(C)=C(\F)C(=O)O. The molecule has 0 amide bonds. The second-order valence-electron chi connectivity index (χ2n) is 1.75. The molecular formula is C6H9FO2. The molecule has 0 aliphatic heterocycles. The molecule has 0 aromatic rings. The molecule has 0 rings (SSSR count). The van der Waals surface area contributed by atoms with Crippen LogP contribution in [0.1, 0.15) is 20.3 Å². The largest absolute Gasteiger partial charge is 0.476 e. The van der Waals surface area contributed by atoms with Gasteiger partial charge in [0.25, 0.3) is 0 Å². The number of hydrogen-bond donors (Lipinski definition) is 1. The first kappa shape index (κ1) is 8.14. The van der Waals surface area contributed by atoms with Crippen molar-refractivity contribution in [2.75, 3.05) is 0 Å². The molecule has 0 aliphatic rings. The van der Waals surface area contributed by atoms with Gasteiger partial charge in [-0.05, 0) is 18.9 Å². The Balaban J connectivity index is 4.28. The van der Waals surface area contributed by atoms with Crippen LogP contribution in [0.4, 0.5) is 4.39 Å². The summed E-state index contributed by atoms with van der Waals surface area (Å²) in [6, 6.07) is 0. The first-order valence-electron chi connectivity index (χ1n) is 2.68. The van der Waals surface area contributed by atoms with Crippen LogP contribution in [0.3, 0.4) is 0 Å². The third kappa shape index (κ3) is 2.26. The van der Waals surface area contributed by atoms with Gasteiger partial charge in [-0.1, -0.05) is 6.92 Å². The molecule has 9 heavy (non-hydrogen) atoms. The van der Waals surface area contributed by atoms with E-state index in [1.807, 2.05) is 0 Å². The lowest BCUT2D eigenvalue weighted by molar-refractivity contribution is -0.134. The van der Waals surface area contributed by atoms with Gasteiger partial charge >= 0.3 is 5.97 Å². The average Bonchev–Trinajstić information content (AvgIpc) is 1.84. The van der Waals surface area contributed by atoms with Gasteiger partial charge < -0.3 is 5.11 Å². The molecule has 3 heteroatoms. The number of hydrogen-bond acceptors (Lipinski definition) is 1. The normalized spacial score (nSPS) is 12.8. The summed E-state index contributed by atoms with van der Waals surface area (Å²) >= 11 is 0. The summed E-state index contributed by atoms with van der Waals surface area (Å²) in [4.78, 5) is 9.87. The lowest BCUT2D eigenvalue weighted by Crippen LogP contribution is -1.97. The Morgan fingerprint density at radius 2 is 2.11 bits per heavy atom. The lowest BCUT2D eigenvalue weighted by atomic mass is 10.2. The minimum absolute atomic E-state index is 0.280. The van der Waals surface area contributed by atoms with E-state index in [0.717, 1.165) is 0 Å². The number of carboxylic acid groups (broad SMARTS) is 1. The maximum Gasteiger partial charge on any atom is 0.364 e. The van der Waals surface area contributed by atoms with E-state index in [9.17, 15) is 9.18 Å². The summed E-state index contributed by atoms with van der Waals surface area (Å²) in [5.74, 6) is -2.51. The standard InChI is InChI=1S/C6H9FO2/c1-3-4(2)5(7)6(8)9/h3H2,1-2H3,(H,8,9)/b5-4-. The van der Waals surface area contributed by atoms with Crippen LogP contribution in [0.15, 0.2) is 11.4 Å². The fourth-order valence-electron chi connectivity index (χ4n) is 0.338. The number of allylic oxidation sites excluding steroid dienone is 1. The molecule has 0 heterocycles. The molecule has 2 nitrogen and oxygen atoms in total. The van der Waals surface area contributed by atoms with Gasteiger partial charge in [0.2, 0.25) is 5.83 Å². The van der Waals surface area contributed by atoms with E-state index in [0.29, 0.717) is 6.42 Å². The molecule has 0 aliphatic carbocycles. The summed E-state index contributed by atoms with van der Waals surface area (Å²) in [6.45, 7) is 3.17. The van der Waals surface area contributed by atoms with Crippen molar-refractivity contribution in [2.45, 2.75) is 20.3 Å². The fraction of sp³-hybridized carbons (Fsp3) is 0.500. The maximum atomic E-state index is 12.2. The molecule has 0 aromatic carbocycles. The topological polar surface area (TPSA) is 37.3 Å². The number of halogens is 1. The van der Waals surface area contributed by atoms with Crippen LogP contribution in [-0.2, 0) is 4.79 Å². The van der Waals surface area contributed by atoms with Gasteiger partial charge in [0, 0.05) is 0 Å². The van der Waals surface area contributed by atoms with Gasteiger partial charge in [0.1, 0.15) is 0 Å². The van der Waals surface area contributed by atoms with Crippen molar-refractivity contribution in [1.82, 2.24) is 0 Å². The zero-order valence-corrected chi connectivity index (χ0v) is 5.44. The summed E-state index contributed by atoms with van der Waals surface area (Å²) in [6.07, 6.45) is 0.443. The summed E-state index contributed by atoms with van der Waals surface area (Å²) in [5, 5.41) is 8.05. The van der Waals surface area contributed by atoms with E-state index in [1.54, 1.807) is 6.92 Å². The molecule has 0 atom stereocenters. The monoisotopic (exact) mass is 132 g/mol. The summed E-state index contributed by atoms with van der Waals surface area (Å²) in [7, 11) is 0. The molecule has 0 spiro atoms. The Labute approximate surface area is 53.0 Å². The second-order valence-corrected chi connectivity index (χ2v) is 1.75. The quantitative estimate of drug-likeness (QED) is 0.581. The number of aliphatic carboxylic acids is 1. The summed E-state index contributed by atoms with van der Waals surface area (Å²) in [5.41, 5.74) is 0.280. The Morgan fingerprint density at radius 1 is 1.67 bits per heavy atom. The van der Waals surface area contributed by atoms with Crippen LogP contribution in [0.2, 0.25) is 0 Å². The highest BCUT2D eigenvalue weighted by atomic mass is 19.1. The zero-order valence-electron chi connectivity index (χ0n) is 5.44. The predicted octanol–water partition coefficient (Wildman–Crippen LogP) is 1.72. The molecule has 0 radical (unpaired) electrons. The Bertz CT molecular complexity index is 149. The third-order valence-corrected chi connectivity index (χ3v) is 1.09. The van der Waals surface area contributed by atoms with Crippen LogP contribution in [0.5, 0.6) is 0 Å². The molecule has 0 saturated heterocycles. The van der Waals surface area contributed by atoms with Gasteiger partial charge in [-0.2, -0.15) is 4.39 Å². The van der Waals surface area contributed by atoms with Crippen molar-refractivity contribution in [2.24, 2.45) is 0 Å². The van der Waals surface area contributed by atoms with E-state index in [-0.39, 0.29) is 5.57 Å². The van der Waals surface area contributed by atoms with Crippen molar-refractivity contribution in [1.29, 1.82) is 0 Å². The zero-order chi connectivity index (χ0) is 7.44. The number of carboxylic acids is 1. The van der Waals surface area contributed by atoms with Gasteiger partial charge in [-0.15, -0.1) is 0 Å². The van der Waals surface area contributed by atoms with Crippen LogP contribution in [0.25, 0.3) is 0 Å². The molecule has 0 bridgehead atoms. The van der Waals surface area contributed by atoms with Crippen molar-refractivity contribution in [3.05, 3.63) is 11.4 Å². The molecule has 1 N–H and O–H groups in total. The van der Waals surface area contributed by atoms with Crippen LogP contribution < -0.4 is 0 Å². The predicted molar refractivity (Wildman–Crippen MR) is 31.7 cm³/mol. The molecule has 0 aromatic heterocycles. The minimum Gasteiger partial charge on any atom is -0.476 e. The Morgan fingerprint density at radius 3 is 2.22 bits per heavy atom. The summed E-state index contributed by atoms with van der Waals surface area (Å²) < 4.78 is 12.2. The molecular weight excluding hydrogens is 123 g/mol. The Hall–Kier alpha value is -0.860. The lowest BCUT2D eigenvalue weighted by Gasteiger charge is -1.93. The van der Waals surface area contributed by atoms with Gasteiger partial charge in [0.15, 0.2) is 0 Å². The molecule has 0 fully saturated rings. The maximum absolute atomic E-state index is 12.2. The fourth-order valence-corrected chi connectivity index (χ4v) is 0.338. The molecule has 52 valence electrons. The highest BCUT2D eigenvalue weighted by Gasteiger charge is 2.07.